The summed E-state index contributed by atoms with van der Waals surface area (Å²) >= 11 is 0. The van der Waals surface area contributed by atoms with Crippen LogP contribution >= 0.6 is 0 Å². The summed E-state index contributed by atoms with van der Waals surface area (Å²) in [5.41, 5.74) is 5.00. The average molecular weight is 460 g/mol. The lowest BCUT2D eigenvalue weighted by Crippen LogP contribution is -2.32. The number of aromatic nitrogens is 2. The fourth-order valence-electron chi connectivity index (χ4n) is 3.75. The summed E-state index contributed by atoms with van der Waals surface area (Å²) in [5.74, 6) is 0.565. The molecule has 180 valence electrons. The number of nitrogens with zero attached hydrogens (tertiary/aromatic N) is 3. The smallest absolute Gasteiger partial charge is 0.264 e. The molecule has 0 bridgehead atoms. The zero-order chi connectivity index (χ0) is 24.7. The molecule has 0 aliphatic carbocycles. The lowest BCUT2D eigenvalue weighted by Gasteiger charge is -2.20. The third-order valence-electron chi connectivity index (χ3n) is 5.74. The Labute approximate surface area is 203 Å². The SMILES string of the molecule is C=C(NC(=NCCCN(C)Cc1ccccc1)n1[nH]c(=O)cc1C)c1ccc(C(C)(C)C)cc1. The van der Waals surface area contributed by atoms with Crippen LogP contribution in [0.25, 0.3) is 5.70 Å². The molecule has 0 atom stereocenters. The van der Waals surface area contributed by atoms with Crippen LogP contribution in [0.3, 0.4) is 0 Å². The first kappa shape index (κ1) is 25.2. The van der Waals surface area contributed by atoms with E-state index in [0.717, 1.165) is 36.5 Å². The summed E-state index contributed by atoms with van der Waals surface area (Å²) in [6, 6.07) is 20.4. The van der Waals surface area contributed by atoms with Crippen LogP contribution in [0, 0.1) is 6.92 Å². The number of hydrogen-bond acceptors (Lipinski definition) is 3. The standard InChI is InChI=1S/C28H37N5O/c1-21-19-26(34)31-33(21)27(29-17-10-18-32(6)20-23-11-8-7-9-12-23)30-22(2)24-13-15-25(16-14-24)28(3,4)5/h7-9,11-16,19H,2,10,17-18,20H2,1,3-6H3,(H,29,30)(H,31,34). The van der Waals surface area contributed by atoms with Gasteiger partial charge in [-0.15, -0.1) is 0 Å². The molecule has 1 heterocycles. The maximum atomic E-state index is 11.9. The predicted octanol–water partition coefficient (Wildman–Crippen LogP) is 4.77. The molecule has 0 aliphatic rings. The van der Waals surface area contributed by atoms with E-state index in [1.807, 2.05) is 13.0 Å². The Hall–Kier alpha value is -3.38. The summed E-state index contributed by atoms with van der Waals surface area (Å²) in [6.07, 6.45) is 0.895. The minimum atomic E-state index is -0.158. The Morgan fingerprint density at radius 1 is 1.12 bits per heavy atom. The van der Waals surface area contributed by atoms with Crippen LogP contribution in [0.1, 0.15) is 49.6 Å². The fourth-order valence-corrected chi connectivity index (χ4v) is 3.75. The van der Waals surface area contributed by atoms with Gasteiger partial charge in [-0.25, -0.2) is 4.68 Å². The number of H-pyrrole nitrogens is 1. The lowest BCUT2D eigenvalue weighted by atomic mass is 9.86. The summed E-state index contributed by atoms with van der Waals surface area (Å²) in [4.78, 5) is 19.0. The highest BCUT2D eigenvalue weighted by molar-refractivity contribution is 5.90. The molecule has 34 heavy (non-hydrogen) atoms. The van der Waals surface area contributed by atoms with Crippen LogP contribution < -0.4 is 10.9 Å². The maximum absolute atomic E-state index is 11.9. The Balaban J connectivity index is 1.67. The Kier molecular flexibility index (Phi) is 8.29. The molecule has 2 aromatic carbocycles. The van der Waals surface area contributed by atoms with E-state index in [9.17, 15) is 4.79 Å². The van der Waals surface area contributed by atoms with Gasteiger partial charge < -0.3 is 10.2 Å². The Bertz CT molecular complexity index is 1160. The van der Waals surface area contributed by atoms with Gasteiger partial charge in [0, 0.05) is 30.5 Å². The topological polar surface area (TPSA) is 65.4 Å². The van der Waals surface area contributed by atoms with Crippen LogP contribution in [0.5, 0.6) is 0 Å². The molecule has 0 radical (unpaired) electrons. The van der Waals surface area contributed by atoms with Crippen molar-refractivity contribution in [1.82, 2.24) is 20.0 Å². The zero-order valence-corrected chi connectivity index (χ0v) is 21.1. The van der Waals surface area contributed by atoms with Crippen molar-refractivity contribution in [1.29, 1.82) is 0 Å². The largest absolute Gasteiger partial charge is 0.324 e. The number of nitrogens with one attached hydrogen (secondary N) is 2. The van der Waals surface area contributed by atoms with Gasteiger partial charge in [-0.2, -0.15) is 0 Å². The number of hydrogen-bond donors (Lipinski definition) is 2. The quantitative estimate of drug-likeness (QED) is 0.290. The molecule has 0 fully saturated rings. The van der Waals surface area contributed by atoms with Crippen LogP contribution in [0.15, 0.2) is 77.0 Å². The molecule has 2 N–H and O–H groups in total. The summed E-state index contributed by atoms with van der Waals surface area (Å²) < 4.78 is 1.69. The van der Waals surface area contributed by atoms with Crippen LogP contribution in [0.4, 0.5) is 0 Å². The van der Waals surface area contributed by atoms with Gasteiger partial charge in [-0.3, -0.25) is 14.9 Å². The van der Waals surface area contributed by atoms with E-state index in [-0.39, 0.29) is 11.0 Å². The highest BCUT2D eigenvalue weighted by atomic mass is 16.1. The molecule has 1 aromatic heterocycles. The molecule has 0 saturated heterocycles. The van der Waals surface area contributed by atoms with Gasteiger partial charge in [0.15, 0.2) is 0 Å². The Morgan fingerprint density at radius 3 is 2.38 bits per heavy atom. The van der Waals surface area contributed by atoms with Crippen molar-refractivity contribution in [3.05, 3.63) is 100.0 Å². The molecule has 0 aliphatic heterocycles. The number of aromatic amines is 1. The first-order valence-electron chi connectivity index (χ1n) is 11.8. The molecular weight excluding hydrogens is 422 g/mol. The van der Waals surface area contributed by atoms with Crippen molar-refractivity contribution in [3.63, 3.8) is 0 Å². The molecule has 0 saturated carbocycles. The van der Waals surface area contributed by atoms with Gasteiger partial charge in [0.2, 0.25) is 5.96 Å². The highest BCUT2D eigenvalue weighted by Gasteiger charge is 2.14. The van der Waals surface area contributed by atoms with E-state index < -0.39 is 0 Å². The van der Waals surface area contributed by atoms with Gasteiger partial charge in [-0.05, 0) is 49.0 Å². The lowest BCUT2D eigenvalue weighted by molar-refractivity contribution is 0.324. The average Bonchev–Trinajstić information content (AvgIpc) is 3.13. The molecule has 3 aromatic rings. The number of rotatable bonds is 8. The molecule has 3 rings (SSSR count). The van der Waals surface area contributed by atoms with Gasteiger partial charge >= 0.3 is 0 Å². The van der Waals surface area contributed by atoms with Crippen LogP contribution in [-0.4, -0.2) is 40.8 Å². The van der Waals surface area contributed by atoms with E-state index in [2.05, 4.69) is 98.2 Å². The van der Waals surface area contributed by atoms with Crippen LogP contribution in [-0.2, 0) is 12.0 Å². The van der Waals surface area contributed by atoms with Gasteiger partial charge in [0.05, 0.1) is 0 Å². The van der Waals surface area contributed by atoms with Gasteiger partial charge in [0.25, 0.3) is 5.56 Å². The zero-order valence-electron chi connectivity index (χ0n) is 21.1. The number of aliphatic imine (C=N–C) groups is 1. The fraction of sp³-hybridized carbons (Fsp3) is 0.357. The molecule has 0 unspecified atom stereocenters. The second-order valence-electron chi connectivity index (χ2n) is 9.81. The molecule has 0 amide bonds. The van der Waals surface area contributed by atoms with Crippen molar-refractivity contribution in [2.45, 2.75) is 46.1 Å². The predicted molar refractivity (Wildman–Crippen MR) is 142 cm³/mol. The highest BCUT2D eigenvalue weighted by Crippen LogP contribution is 2.23. The first-order chi connectivity index (χ1) is 16.1. The van der Waals surface area contributed by atoms with E-state index in [1.165, 1.54) is 11.1 Å². The third kappa shape index (κ3) is 7.06. The minimum Gasteiger partial charge on any atom is -0.324 e. The van der Waals surface area contributed by atoms with E-state index in [0.29, 0.717) is 12.5 Å². The van der Waals surface area contributed by atoms with E-state index >= 15 is 0 Å². The summed E-state index contributed by atoms with van der Waals surface area (Å²) in [6.45, 7) is 15.1. The molecular formula is C28H37N5O. The summed E-state index contributed by atoms with van der Waals surface area (Å²) in [5, 5.41) is 6.15. The molecule has 0 spiro atoms. The van der Waals surface area contributed by atoms with E-state index in [1.54, 1.807) is 10.7 Å². The maximum Gasteiger partial charge on any atom is 0.264 e. The van der Waals surface area contributed by atoms with Gasteiger partial charge in [-0.1, -0.05) is 81.9 Å². The van der Waals surface area contributed by atoms with Crippen molar-refractivity contribution in [2.75, 3.05) is 20.1 Å². The third-order valence-corrected chi connectivity index (χ3v) is 5.74. The van der Waals surface area contributed by atoms with Crippen molar-refractivity contribution in [3.8, 4) is 0 Å². The second kappa shape index (κ2) is 11.2. The second-order valence-corrected chi connectivity index (χ2v) is 9.81. The van der Waals surface area contributed by atoms with Crippen molar-refractivity contribution >= 4 is 11.7 Å². The van der Waals surface area contributed by atoms with E-state index in [4.69, 9.17) is 4.99 Å². The number of aryl methyl sites for hydroxylation is 1. The van der Waals surface area contributed by atoms with Crippen molar-refractivity contribution in [2.24, 2.45) is 4.99 Å². The Morgan fingerprint density at radius 2 is 1.79 bits per heavy atom. The van der Waals surface area contributed by atoms with Crippen molar-refractivity contribution < 1.29 is 0 Å². The minimum absolute atomic E-state index is 0.0926. The normalized spacial score (nSPS) is 12.2. The monoisotopic (exact) mass is 459 g/mol. The van der Waals surface area contributed by atoms with Crippen LogP contribution in [0.2, 0.25) is 0 Å². The van der Waals surface area contributed by atoms with Gasteiger partial charge in [0.1, 0.15) is 0 Å². The first-order valence-corrected chi connectivity index (χ1v) is 11.8. The molecule has 6 nitrogen and oxygen atoms in total. The molecule has 6 heteroatoms. The number of benzene rings is 2. The summed E-state index contributed by atoms with van der Waals surface area (Å²) in [7, 11) is 2.12.